The molecule has 208 valence electrons. The van der Waals surface area contributed by atoms with Crippen LogP contribution in [0.5, 0.6) is 5.75 Å². The maximum atomic E-state index is 12.4. The Balaban J connectivity index is 1.74. The minimum Gasteiger partial charge on any atom is -0.493 e. The zero-order valence-corrected chi connectivity index (χ0v) is 22.6. The van der Waals surface area contributed by atoms with Gasteiger partial charge in [-0.3, -0.25) is 14.9 Å². The number of halogens is 1. The van der Waals surface area contributed by atoms with Gasteiger partial charge < -0.3 is 23.7 Å². The lowest BCUT2D eigenvalue weighted by atomic mass is 10.1. The Morgan fingerprint density at radius 3 is 2.64 bits per heavy atom. The van der Waals surface area contributed by atoms with Crippen LogP contribution in [0.1, 0.15) is 35.7 Å². The minimum atomic E-state index is -1.31. The highest BCUT2D eigenvalue weighted by Gasteiger charge is 2.48. The molecular formula is C25H27BrN4O9. The molecule has 0 N–H and O–H groups in total. The Bertz CT molecular complexity index is 1190. The van der Waals surface area contributed by atoms with Gasteiger partial charge >= 0.3 is 11.9 Å². The van der Waals surface area contributed by atoms with Gasteiger partial charge in [0.25, 0.3) is 5.69 Å². The molecule has 2 aromatic carbocycles. The molecule has 0 radical (unpaired) electrons. The number of benzene rings is 2. The quantitative estimate of drug-likeness (QED) is 0.0425. The monoisotopic (exact) mass is 606 g/mol. The number of rotatable bonds is 14. The fraction of sp³-hybridized carbons (Fsp3) is 0.440. The zero-order chi connectivity index (χ0) is 28.2. The zero-order valence-electron chi connectivity index (χ0n) is 21.0. The van der Waals surface area contributed by atoms with E-state index in [1.165, 1.54) is 12.1 Å². The van der Waals surface area contributed by atoms with Crippen LogP contribution in [0, 0.1) is 10.1 Å². The van der Waals surface area contributed by atoms with Gasteiger partial charge in [-0.15, -0.1) is 0 Å². The first-order chi connectivity index (χ1) is 18.8. The molecule has 1 heterocycles. The van der Waals surface area contributed by atoms with Crippen molar-refractivity contribution in [3.8, 4) is 5.75 Å². The molecule has 0 aromatic heterocycles. The van der Waals surface area contributed by atoms with Gasteiger partial charge in [0.15, 0.2) is 0 Å². The number of hydrogen-bond donors (Lipinski definition) is 0. The van der Waals surface area contributed by atoms with E-state index in [4.69, 9.17) is 29.2 Å². The molecule has 3 rings (SSSR count). The second-order valence-electron chi connectivity index (χ2n) is 8.38. The van der Waals surface area contributed by atoms with E-state index in [0.717, 1.165) is 25.1 Å². The van der Waals surface area contributed by atoms with Gasteiger partial charge in [-0.1, -0.05) is 39.2 Å². The lowest BCUT2D eigenvalue weighted by Gasteiger charge is -2.21. The van der Waals surface area contributed by atoms with Crippen molar-refractivity contribution in [3.63, 3.8) is 0 Å². The van der Waals surface area contributed by atoms with E-state index >= 15 is 0 Å². The second kappa shape index (κ2) is 15.0. The predicted octanol–water partition coefficient (Wildman–Crippen LogP) is 4.86. The lowest BCUT2D eigenvalue weighted by molar-refractivity contribution is -0.386. The molecule has 1 aliphatic heterocycles. The molecule has 1 unspecified atom stereocenters. The molecule has 0 aliphatic carbocycles. The molecule has 13 nitrogen and oxygen atoms in total. The third-order valence-electron chi connectivity index (χ3n) is 5.63. The fourth-order valence-corrected chi connectivity index (χ4v) is 4.19. The summed E-state index contributed by atoms with van der Waals surface area (Å²) in [4.78, 5) is 38.1. The summed E-state index contributed by atoms with van der Waals surface area (Å²) in [5.74, 6) is -0.978. The van der Waals surface area contributed by atoms with Crippen LogP contribution in [-0.2, 0) is 30.3 Å². The average molecular weight is 607 g/mol. The number of carbonyl (C=O) groups is 2. The van der Waals surface area contributed by atoms with E-state index in [0.29, 0.717) is 17.9 Å². The number of nitrogens with zero attached hydrogens (tertiary/aromatic N) is 4. The highest BCUT2D eigenvalue weighted by molar-refractivity contribution is 9.09. The van der Waals surface area contributed by atoms with E-state index in [-0.39, 0.29) is 24.5 Å². The smallest absolute Gasteiger partial charge is 0.338 e. The highest BCUT2D eigenvalue weighted by atomic mass is 79.9. The molecule has 1 aliphatic rings. The highest BCUT2D eigenvalue weighted by Crippen LogP contribution is 2.31. The first-order valence-corrected chi connectivity index (χ1v) is 13.1. The van der Waals surface area contributed by atoms with Crippen LogP contribution in [0.15, 0.2) is 53.6 Å². The van der Waals surface area contributed by atoms with Crippen molar-refractivity contribution in [2.75, 3.05) is 18.5 Å². The van der Waals surface area contributed by atoms with Crippen LogP contribution in [0.25, 0.3) is 10.4 Å². The number of alkyl halides is 1. The van der Waals surface area contributed by atoms with Crippen LogP contribution in [-0.4, -0.2) is 59.9 Å². The largest absolute Gasteiger partial charge is 0.493 e. The van der Waals surface area contributed by atoms with Crippen molar-refractivity contribution in [1.82, 2.24) is 0 Å². The fourth-order valence-electron chi connectivity index (χ4n) is 3.79. The SMILES string of the molecule is CC(=O)OC1O[C@H](COC(=O)c2ccccc2)[C@@H](N=[N+]=[N-])[C@H]1OCc1ccc(OCCCCBr)cc1[N+](=O)[O-]. The number of unbranched alkanes of at least 4 members (excludes halogenated alkanes) is 1. The summed E-state index contributed by atoms with van der Waals surface area (Å²) in [5.41, 5.74) is 9.44. The Kier molecular flexibility index (Phi) is 11.5. The molecule has 0 amide bonds. The van der Waals surface area contributed by atoms with Crippen LogP contribution >= 0.6 is 15.9 Å². The Hall–Kier alpha value is -3.71. The molecule has 39 heavy (non-hydrogen) atoms. The van der Waals surface area contributed by atoms with E-state index in [2.05, 4.69) is 26.0 Å². The van der Waals surface area contributed by atoms with Crippen LogP contribution < -0.4 is 4.74 Å². The van der Waals surface area contributed by atoms with Crippen molar-refractivity contribution >= 4 is 33.6 Å². The molecular weight excluding hydrogens is 580 g/mol. The van der Waals surface area contributed by atoms with Crippen molar-refractivity contribution < 1.29 is 38.2 Å². The van der Waals surface area contributed by atoms with Crippen LogP contribution in [0.2, 0.25) is 0 Å². The van der Waals surface area contributed by atoms with Crippen LogP contribution in [0.3, 0.4) is 0 Å². The molecule has 4 atom stereocenters. The third kappa shape index (κ3) is 8.65. The Labute approximate surface area is 232 Å². The molecule has 0 saturated carbocycles. The van der Waals surface area contributed by atoms with Crippen LogP contribution in [0.4, 0.5) is 5.69 Å². The minimum absolute atomic E-state index is 0.216. The van der Waals surface area contributed by atoms with Crippen molar-refractivity contribution in [2.24, 2.45) is 5.11 Å². The summed E-state index contributed by atoms with van der Waals surface area (Å²) in [5, 5.41) is 16.3. The molecule has 1 fully saturated rings. The molecule has 0 spiro atoms. The summed E-state index contributed by atoms with van der Waals surface area (Å²) >= 11 is 3.34. The maximum Gasteiger partial charge on any atom is 0.338 e. The summed E-state index contributed by atoms with van der Waals surface area (Å²) < 4.78 is 27.7. The maximum absolute atomic E-state index is 12.4. The first kappa shape index (κ1) is 29.8. The number of ether oxygens (including phenoxy) is 5. The van der Waals surface area contributed by atoms with Gasteiger partial charge in [-0.05, 0) is 42.6 Å². The number of nitro benzene ring substituents is 1. The topological polar surface area (TPSA) is 172 Å². The van der Waals surface area contributed by atoms with E-state index < -0.39 is 41.4 Å². The van der Waals surface area contributed by atoms with E-state index in [1.807, 2.05) is 0 Å². The molecule has 2 aromatic rings. The first-order valence-electron chi connectivity index (χ1n) is 12.0. The number of esters is 2. The number of nitro groups is 1. The van der Waals surface area contributed by atoms with E-state index in [1.54, 1.807) is 36.4 Å². The van der Waals surface area contributed by atoms with E-state index in [9.17, 15) is 19.7 Å². The normalized spacial score (nSPS) is 20.1. The predicted molar refractivity (Wildman–Crippen MR) is 140 cm³/mol. The van der Waals surface area contributed by atoms with Crippen molar-refractivity contribution in [1.29, 1.82) is 0 Å². The van der Waals surface area contributed by atoms with Gasteiger partial charge in [0.05, 0.1) is 41.4 Å². The lowest BCUT2D eigenvalue weighted by Crippen LogP contribution is -2.37. The number of hydrogen-bond acceptors (Lipinski definition) is 10. The Morgan fingerprint density at radius 1 is 1.21 bits per heavy atom. The second-order valence-corrected chi connectivity index (χ2v) is 9.17. The van der Waals surface area contributed by atoms with Crippen molar-refractivity contribution in [2.45, 2.75) is 50.9 Å². The third-order valence-corrected chi connectivity index (χ3v) is 6.19. The van der Waals surface area contributed by atoms with Gasteiger partial charge in [0.2, 0.25) is 6.29 Å². The molecule has 0 bridgehead atoms. The number of azide groups is 1. The van der Waals surface area contributed by atoms with Crippen molar-refractivity contribution in [3.05, 3.63) is 80.2 Å². The molecule has 14 heteroatoms. The average Bonchev–Trinajstić information content (AvgIpc) is 3.24. The summed E-state index contributed by atoms with van der Waals surface area (Å²) in [6.45, 7) is 0.954. The van der Waals surface area contributed by atoms with Gasteiger partial charge in [-0.2, -0.15) is 0 Å². The standard InChI is InChI=1S/C25H27BrN4O9/c1-16(31)38-25-23(22(28-29-27)21(39-25)15-37-24(32)17-7-3-2-4-8-17)36-14-18-9-10-19(13-20(18)30(33)34)35-12-6-5-11-26/h2-4,7-10,13,21-23,25H,5-6,11-12,14-15H2,1H3/t21-,22-,23-,25?/m1/s1. The molecule has 1 saturated heterocycles. The Morgan fingerprint density at radius 2 is 1.97 bits per heavy atom. The van der Waals surface area contributed by atoms with Gasteiger partial charge in [0.1, 0.15) is 24.6 Å². The van der Waals surface area contributed by atoms with Gasteiger partial charge in [0, 0.05) is 17.2 Å². The summed E-state index contributed by atoms with van der Waals surface area (Å²) in [6.07, 6.45) is -1.77. The summed E-state index contributed by atoms with van der Waals surface area (Å²) in [7, 11) is 0. The number of carbonyl (C=O) groups excluding carboxylic acids is 2. The van der Waals surface area contributed by atoms with Gasteiger partial charge in [-0.25, -0.2) is 4.79 Å². The summed E-state index contributed by atoms with van der Waals surface area (Å²) in [6, 6.07) is 11.6.